The average Bonchev–Trinajstić information content (AvgIpc) is 2.56. The third kappa shape index (κ3) is 3.52. The second-order valence-electron chi connectivity index (χ2n) is 5.77. The van der Waals surface area contributed by atoms with Gasteiger partial charge >= 0.3 is 0 Å². The molecule has 1 fully saturated rings. The van der Waals surface area contributed by atoms with Crippen molar-refractivity contribution in [1.29, 1.82) is 0 Å². The van der Waals surface area contributed by atoms with Gasteiger partial charge in [0.2, 0.25) is 0 Å². The third-order valence-electron chi connectivity index (χ3n) is 4.20. The summed E-state index contributed by atoms with van der Waals surface area (Å²) < 4.78 is 6.50. The molecule has 0 saturated carbocycles. The first-order valence-corrected chi connectivity index (χ1v) is 7.80. The topological polar surface area (TPSA) is 12.5 Å². The van der Waals surface area contributed by atoms with E-state index in [9.17, 15) is 0 Å². The number of benzene rings is 2. The van der Waals surface area contributed by atoms with Crippen molar-refractivity contribution >= 4 is 0 Å². The molecule has 0 radical (unpaired) electrons. The summed E-state index contributed by atoms with van der Waals surface area (Å²) in [4.78, 5) is 2.34. The van der Waals surface area contributed by atoms with Crippen LogP contribution in [-0.4, -0.2) is 24.7 Å². The maximum Gasteiger partial charge on any atom is 0.111 e. The van der Waals surface area contributed by atoms with Crippen LogP contribution in [0.2, 0.25) is 0 Å². The second kappa shape index (κ2) is 6.88. The molecule has 2 aromatic rings. The summed E-state index contributed by atoms with van der Waals surface area (Å²) >= 11 is 0. The lowest BCUT2D eigenvalue weighted by atomic mass is 10.0. The Morgan fingerprint density at radius 3 is 2.00 bits per heavy atom. The molecule has 1 aliphatic rings. The van der Waals surface area contributed by atoms with Gasteiger partial charge in [-0.15, -0.1) is 0 Å². The monoisotopic (exact) mass is 281 g/mol. The zero-order valence-electron chi connectivity index (χ0n) is 12.6. The lowest BCUT2D eigenvalue weighted by Gasteiger charge is -2.35. The fourth-order valence-corrected chi connectivity index (χ4v) is 2.98. The van der Waals surface area contributed by atoms with Crippen molar-refractivity contribution < 1.29 is 4.74 Å². The van der Waals surface area contributed by atoms with Crippen LogP contribution in [0.4, 0.5) is 0 Å². The average molecular weight is 281 g/mol. The number of hydrogen-bond donors (Lipinski definition) is 0. The molecule has 1 heterocycles. The molecule has 2 nitrogen and oxygen atoms in total. The van der Waals surface area contributed by atoms with Crippen LogP contribution in [0.1, 0.15) is 36.5 Å². The van der Waals surface area contributed by atoms with Gasteiger partial charge in [-0.25, -0.2) is 0 Å². The van der Waals surface area contributed by atoms with Crippen molar-refractivity contribution in [3.8, 4) is 0 Å². The highest BCUT2D eigenvalue weighted by Gasteiger charge is 2.25. The van der Waals surface area contributed by atoms with Gasteiger partial charge in [0.15, 0.2) is 0 Å². The summed E-state index contributed by atoms with van der Waals surface area (Å²) in [5.74, 6) is 0. The number of hydrogen-bond acceptors (Lipinski definition) is 2. The van der Waals surface area contributed by atoms with E-state index in [1.807, 2.05) is 0 Å². The molecule has 0 aliphatic carbocycles. The molecule has 1 saturated heterocycles. The first-order chi connectivity index (χ1) is 10.3. The van der Waals surface area contributed by atoms with Gasteiger partial charge in [-0.05, 0) is 37.4 Å². The standard InChI is InChI=1S/C19H23NO/c1-20-15-9-8-14-18(20)21-19(16-10-4-2-5-11-16)17-12-6-3-7-13-17/h2-7,10-13,18-19H,8-9,14-15H2,1H3. The van der Waals surface area contributed by atoms with E-state index in [1.165, 1.54) is 24.0 Å². The van der Waals surface area contributed by atoms with Crippen LogP contribution in [0.5, 0.6) is 0 Å². The fraction of sp³-hybridized carbons (Fsp3) is 0.368. The van der Waals surface area contributed by atoms with Gasteiger partial charge in [-0.2, -0.15) is 0 Å². The van der Waals surface area contributed by atoms with Gasteiger partial charge in [-0.3, -0.25) is 4.90 Å². The molecule has 0 bridgehead atoms. The third-order valence-corrected chi connectivity index (χ3v) is 4.20. The highest BCUT2D eigenvalue weighted by Crippen LogP contribution is 2.30. The van der Waals surface area contributed by atoms with E-state index in [1.54, 1.807) is 0 Å². The molecule has 0 amide bonds. The van der Waals surface area contributed by atoms with E-state index < -0.39 is 0 Å². The molecule has 21 heavy (non-hydrogen) atoms. The lowest BCUT2D eigenvalue weighted by Crippen LogP contribution is -2.39. The molecule has 0 aromatic heterocycles. The summed E-state index contributed by atoms with van der Waals surface area (Å²) in [6.07, 6.45) is 3.87. The molecule has 1 aliphatic heterocycles. The van der Waals surface area contributed by atoms with E-state index in [-0.39, 0.29) is 12.3 Å². The Bertz CT molecular complexity index is 501. The molecule has 110 valence electrons. The largest absolute Gasteiger partial charge is 0.350 e. The first kappa shape index (κ1) is 14.3. The molecule has 1 atom stereocenters. The van der Waals surface area contributed by atoms with E-state index in [4.69, 9.17) is 4.74 Å². The Balaban J connectivity index is 1.86. The van der Waals surface area contributed by atoms with Crippen molar-refractivity contribution in [1.82, 2.24) is 4.90 Å². The predicted octanol–water partition coefficient (Wildman–Crippen LogP) is 4.23. The molecular formula is C19H23NO. The molecule has 0 N–H and O–H groups in total. The van der Waals surface area contributed by atoms with Gasteiger partial charge in [0.1, 0.15) is 12.3 Å². The Hall–Kier alpha value is -1.64. The normalized spacial score (nSPS) is 19.8. The van der Waals surface area contributed by atoms with Crippen LogP contribution >= 0.6 is 0 Å². The lowest BCUT2D eigenvalue weighted by molar-refractivity contribution is -0.0952. The van der Waals surface area contributed by atoms with Crippen LogP contribution < -0.4 is 0 Å². The molecular weight excluding hydrogens is 258 g/mol. The van der Waals surface area contributed by atoms with Crippen LogP contribution in [0.25, 0.3) is 0 Å². The molecule has 0 spiro atoms. The van der Waals surface area contributed by atoms with Gasteiger partial charge in [-0.1, -0.05) is 60.7 Å². The molecule has 2 heteroatoms. The van der Waals surface area contributed by atoms with Crippen molar-refractivity contribution in [3.63, 3.8) is 0 Å². The van der Waals surface area contributed by atoms with Gasteiger partial charge in [0.25, 0.3) is 0 Å². The first-order valence-electron chi connectivity index (χ1n) is 7.80. The smallest absolute Gasteiger partial charge is 0.111 e. The summed E-state index contributed by atoms with van der Waals surface area (Å²) in [6, 6.07) is 21.1. The minimum absolute atomic E-state index is 0.0120. The van der Waals surface area contributed by atoms with Gasteiger partial charge in [0, 0.05) is 6.54 Å². The number of nitrogens with zero attached hydrogens (tertiary/aromatic N) is 1. The maximum absolute atomic E-state index is 6.50. The summed E-state index contributed by atoms with van der Waals surface area (Å²) in [5.41, 5.74) is 2.45. The number of ether oxygens (including phenoxy) is 1. The summed E-state index contributed by atoms with van der Waals surface area (Å²) in [6.45, 7) is 1.13. The van der Waals surface area contributed by atoms with E-state index in [0.29, 0.717) is 0 Å². The van der Waals surface area contributed by atoms with Crippen molar-refractivity contribution in [2.24, 2.45) is 0 Å². The Morgan fingerprint density at radius 1 is 0.905 bits per heavy atom. The maximum atomic E-state index is 6.50. The molecule has 3 rings (SSSR count). The Kier molecular flexibility index (Phi) is 4.69. The quantitative estimate of drug-likeness (QED) is 0.831. The van der Waals surface area contributed by atoms with Crippen LogP contribution in [-0.2, 0) is 4.74 Å². The number of likely N-dealkylation sites (tertiary alicyclic amines) is 1. The van der Waals surface area contributed by atoms with Crippen molar-refractivity contribution in [2.45, 2.75) is 31.6 Å². The molecule has 1 unspecified atom stereocenters. The van der Waals surface area contributed by atoms with Gasteiger partial charge in [0.05, 0.1) is 0 Å². The van der Waals surface area contributed by atoms with E-state index >= 15 is 0 Å². The van der Waals surface area contributed by atoms with Gasteiger partial charge < -0.3 is 4.74 Å². The van der Waals surface area contributed by atoms with Crippen LogP contribution in [0, 0.1) is 0 Å². The fourth-order valence-electron chi connectivity index (χ4n) is 2.98. The van der Waals surface area contributed by atoms with E-state index in [2.05, 4.69) is 72.6 Å². The highest BCUT2D eigenvalue weighted by atomic mass is 16.5. The van der Waals surface area contributed by atoms with Crippen molar-refractivity contribution in [3.05, 3.63) is 71.8 Å². The number of piperidine rings is 1. The Labute approximate surface area is 127 Å². The minimum Gasteiger partial charge on any atom is -0.350 e. The van der Waals surface area contributed by atoms with E-state index in [0.717, 1.165) is 13.0 Å². The van der Waals surface area contributed by atoms with Crippen LogP contribution in [0.15, 0.2) is 60.7 Å². The molecule has 2 aromatic carbocycles. The zero-order valence-corrected chi connectivity index (χ0v) is 12.6. The highest BCUT2D eigenvalue weighted by molar-refractivity contribution is 5.29. The SMILES string of the molecule is CN1CCCCC1OC(c1ccccc1)c1ccccc1. The summed E-state index contributed by atoms with van der Waals surface area (Å²) in [7, 11) is 2.16. The van der Waals surface area contributed by atoms with Crippen molar-refractivity contribution in [2.75, 3.05) is 13.6 Å². The zero-order chi connectivity index (χ0) is 14.5. The minimum atomic E-state index is 0.0120. The predicted molar refractivity (Wildman–Crippen MR) is 86.1 cm³/mol. The summed E-state index contributed by atoms with van der Waals surface area (Å²) in [5, 5.41) is 0. The van der Waals surface area contributed by atoms with Crippen LogP contribution in [0.3, 0.4) is 0 Å². The second-order valence-corrected chi connectivity index (χ2v) is 5.77. The Morgan fingerprint density at radius 2 is 1.48 bits per heavy atom. The number of rotatable bonds is 4.